The molecule has 1 amide bonds. The summed E-state index contributed by atoms with van der Waals surface area (Å²) in [6.45, 7) is 1.83. The quantitative estimate of drug-likeness (QED) is 0.567. The smallest absolute Gasteiger partial charge is 0.272 e. The molecule has 1 N–H and O–H groups in total. The maximum atomic E-state index is 14.5. The molecule has 1 atom stereocenters. The van der Waals surface area contributed by atoms with Crippen LogP contribution in [0.2, 0.25) is 0 Å². The Morgan fingerprint density at radius 1 is 1.10 bits per heavy atom. The lowest BCUT2D eigenvalue weighted by molar-refractivity contribution is -0.116. The number of aromatic nitrogens is 5. The topological polar surface area (TPSA) is 85.6 Å². The molecule has 4 aromatic rings. The van der Waals surface area contributed by atoms with Crippen LogP contribution in [0.5, 0.6) is 0 Å². The normalized spacial score (nSPS) is 15.5. The lowest BCUT2D eigenvalue weighted by Crippen LogP contribution is -2.25. The number of fused-ring (bicyclic) bond motifs is 1. The van der Waals surface area contributed by atoms with Crippen molar-refractivity contribution in [3.8, 4) is 17.2 Å². The highest BCUT2D eigenvalue weighted by molar-refractivity contribution is 5.95. The molecule has 8 heteroatoms. The fourth-order valence-electron chi connectivity index (χ4n) is 3.85. The molecule has 0 spiro atoms. The van der Waals surface area contributed by atoms with Crippen molar-refractivity contribution >= 4 is 11.7 Å². The molecule has 0 aliphatic carbocycles. The van der Waals surface area contributed by atoms with Crippen LogP contribution in [0.15, 0.2) is 60.8 Å². The molecule has 0 radical (unpaired) electrons. The van der Waals surface area contributed by atoms with Gasteiger partial charge in [0.2, 0.25) is 5.91 Å². The van der Waals surface area contributed by atoms with Gasteiger partial charge < -0.3 is 5.32 Å². The van der Waals surface area contributed by atoms with E-state index >= 15 is 0 Å². The summed E-state index contributed by atoms with van der Waals surface area (Å²) >= 11 is 0. The van der Waals surface area contributed by atoms with Gasteiger partial charge >= 0.3 is 0 Å². The number of anilines is 1. The van der Waals surface area contributed by atoms with Crippen LogP contribution in [-0.2, 0) is 4.79 Å². The molecule has 0 fully saturated rings. The molecule has 30 heavy (non-hydrogen) atoms. The zero-order valence-corrected chi connectivity index (χ0v) is 16.1. The molecule has 0 unspecified atom stereocenters. The van der Waals surface area contributed by atoms with Gasteiger partial charge in [0.1, 0.15) is 11.6 Å². The van der Waals surface area contributed by atoms with Gasteiger partial charge in [-0.3, -0.25) is 4.79 Å². The van der Waals surface area contributed by atoms with Crippen LogP contribution in [0.3, 0.4) is 0 Å². The molecule has 2 aromatic heterocycles. The van der Waals surface area contributed by atoms with Gasteiger partial charge in [0.25, 0.3) is 5.95 Å². The summed E-state index contributed by atoms with van der Waals surface area (Å²) in [4.78, 5) is 17.0. The number of hydrogen-bond donors (Lipinski definition) is 1. The zero-order valence-electron chi connectivity index (χ0n) is 16.1. The first-order chi connectivity index (χ1) is 14.6. The number of rotatable bonds is 3. The number of aryl methyl sites for hydroxylation is 1. The SMILES string of the molecule is Cc1nn(-c2nncc(-c3ccccc3)n2)c2c1[C@H](c1ccccc1F)CC(=O)N2. The Morgan fingerprint density at radius 2 is 1.87 bits per heavy atom. The van der Waals surface area contributed by atoms with Crippen molar-refractivity contribution in [1.29, 1.82) is 0 Å². The summed E-state index contributed by atoms with van der Waals surface area (Å²) < 4.78 is 16.0. The molecule has 5 rings (SSSR count). The summed E-state index contributed by atoms with van der Waals surface area (Å²) in [6.07, 6.45) is 1.71. The number of nitrogens with one attached hydrogen (secondary N) is 1. The number of halogens is 1. The number of carbonyl (C=O) groups excluding carboxylic acids is 1. The van der Waals surface area contributed by atoms with E-state index < -0.39 is 5.92 Å². The van der Waals surface area contributed by atoms with Crippen LogP contribution in [0, 0.1) is 12.7 Å². The molecule has 148 valence electrons. The predicted octanol–water partition coefficient (Wildman–Crippen LogP) is 3.65. The van der Waals surface area contributed by atoms with Crippen molar-refractivity contribution in [3.63, 3.8) is 0 Å². The summed E-state index contributed by atoms with van der Waals surface area (Å²) in [5, 5.41) is 15.6. The first-order valence-corrected chi connectivity index (χ1v) is 9.51. The Kier molecular flexibility index (Phi) is 4.31. The van der Waals surface area contributed by atoms with Crippen LogP contribution in [-0.4, -0.2) is 30.9 Å². The van der Waals surface area contributed by atoms with Crippen molar-refractivity contribution in [2.75, 3.05) is 5.32 Å². The number of amides is 1. The first-order valence-electron chi connectivity index (χ1n) is 9.51. The second-order valence-electron chi connectivity index (χ2n) is 7.09. The van der Waals surface area contributed by atoms with E-state index in [9.17, 15) is 9.18 Å². The third-order valence-electron chi connectivity index (χ3n) is 5.19. The minimum Gasteiger partial charge on any atom is -0.310 e. The Bertz CT molecular complexity index is 1250. The molecule has 7 nitrogen and oxygen atoms in total. The molecule has 1 aliphatic rings. The van der Waals surface area contributed by atoms with Crippen molar-refractivity contribution in [3.05, 3.63) is 83.4 Å². The van der Waals surface area contributed by atoms with Crippen LogP contribution in [0.1, 0.15) is 29.2 Å². The average molecular weight is 400 g/mol. The molecule has 2 aromatic carbocycles. The summed E-state index contributed by atoms with van der Waals surface area (Å²) in [7, 11) is 0. The van der Waals surface area contributed by atoms with Crippen molar-refractivity contribution in [1.82, 2.24) is 25.0 Å². The van der Waals surface area contributed by atoms with Crippen LogP contribution in [0.4, 0.5) is 10.2 Å². The molecular weight excluding hydrogens is 383 g/mol. The van der Waals surface area contributed by atoms with Gasteiger partial charge in [0.15, 0.2) is 0 Å². The van der Waals surface area contributed by atoms with E-state index in [0.717, 1.165) is 11.1 Å². The van der Waals surface area contributed by atoms with E-state index in [2.05, 4.69) is 25.6 Å². The molecule has 0 bridgehead atoms. The molecule has 1 aliphatic heterocycles. The highest BCUT2D eigenvalue weighted by Gasteiger charge is 2.34. The van der Waals surface area contributed by atoms with Crippen molar-refractivity contribution in [2.45, 2.75) is 19.3 Å². The number of nitrogens with zero attached hydrogens (tertiary/aromatic N) is 5. The summed E-state index contributed by atoms with van der Waals surface area (Å²) in [6, 6.07) is 16.1. The van der Waals surface area contributed by atoms with Crippen molar-refractivity contribution in [2.24, 2.45) is 0 Å². The Labute approximate surface area is 171 Å². The monoisotopic (exact) mass is 400 g/mol. The highest BCUT2D eigenvalue weighted by atomic mass is 19.1. The van der Waals surface area contributed by atoms with Gasteiger partial charge in [0.05, 0.1) is 17.6 Å². The molecule has 3 heterocycles. The molecule has 0 saturated heterocycles. The largest absolute Gasteiger partial charge is 0.310 e. The third-order valence-corrected chi connectivity index (χ3v) is 5.19. The Balaban J connectivity index is 1.64. The van der Waals surface area contributed by atoms with Crippen LogP contribution in [0.25, 0.3) is 17.2 Å². The van der Waals surface area contributed by atoms with E-state index in [1.54, 1.807) is 24.4 Å². The first kappa shape index (κ1) is 18.1. The van der Waals surface area contributed by atoms with E-state index in [1.807, 2.05) is 37.3 Å². The maximum absolute atomic E-state index is 14.5. The van der Waals surface area contributed by atoms with E-state index in [-0.39, 0.29) is 24.1 Å². The second-order valence-corrected chi connectivity index (χ2v) is 7.09. The fraction of sp³-hybridized carbons (Fsp3) is 0.136. The van der Waals surface area contributed by atoms with E-state index in [4.69, 9.17) is 0 Å². The number of carbonyl (C=O) groups is 1. The van der Waals surface area contributed by atoms with Gasteiger partial charge in [0, 0.05) is 23.5 Å². The van der Waals surface area contributed by atoms with E-state index in [0.29, 0.717) is 22.8 Å². The average Bonchev–Trinajstić information content (AvgIpc) is 3.10. The van der Waals surface area contributed by atoms with Crippen LogP contribution < -0.4 is 5.32 Å². The number of benzene rings is 2. The minimum absolute atomic E-state index is 0.142. The molecular formula is C22H17FN6O. The van der Waals surface area contributed by atoms with Crippen LogP contribution >= 0.6 is 0 Å². The van der Waals surface area contributed by atoms with Crippen molar-refractivity contribution < 1.29 is 9.18 Å². The van der Waals surface area contributed by atoms with Gasteiger partial charge in [-0.15, -0.1) is 5.10 Å². The van der Waals surface area contributed by atoms with Gasteiger partial charge in [-0.1, -0.05) is 48.5 Å². The lowest BCUT2D eigenvalue weighted by atomic mass is 9.85. The minimum atomic E-state index is -0.436. The fourth-order valence-corrected chi connectivity index (χ4v) is 3.85. The van der Waals surface area contributed by atoms with Gasteiger partial charge in [-0.2, -0.15) is 14.9 Å². The standard InChI is InChI=1S/C22H17FN6O/c1-13-20-16(15-9-5-6-10-17(15)23)11-19(30)26-21(20)29(28-13)22-25-18(12-24-27-22)14-7-3-2-4-8-14/h2-10,12,16H,11H2,1H3,(H,26,30)/t16-/m0/s1. The second kappa shape index (κ2) is 7.14. The Hall–Kier alpha value is -3.94. The zero-order chi connectivity index (χ0) is 20.7. The maximum Gasteiger partial charge on any atom is 0.272 e. The van der Waals surface area contributed by atoms with Gasteiger partial charge in [-0.25, -0.2) is 9.37 Å². The highest BCUT2D eigenvalue weighted by Crippen LogP contribution is 2.40. The van der Waals surface area contributed by atoms with Gasteiger partial charge in [-0.05, 0) is 18.6 Å². The Morgan fingerprint density at radius 3 is 2.67 bits per heavy atom. The van der Waals surface area contributed by atoms with E-state index in [1.165, 1.54) is 10.7 Å². The third kappa shape index (κ3) is 3.02. The molecule has 0 saturated carbocycles. The summed E-state index contributed by atoms with van der Waals surface area (Å²) in [5.74, 6) is -0.323. The summed E-state index contributed by atoms with van der Waals surface area (Å²) in [5.41, 5.74) is 3.42. The lowest BCUT2D eigenvalue weighted by Gasteiger charge is -2.24. The predicted molar refractivity (Wildman–Crippen MR) is 109 cm³/mol. The number of hydrogen-bond acceptors (Lipinski definition) is 5.